The highest BCUT2D eigenvalue weighted by Gasteiger charge is 2.24. The van der Waals surface area contributed by atoms with Gasteiger partial charge in [-0.25, -0.2) is 4.79 Å². The van der Waals surface area contributed by atoms with E-state index in [1.807, 2.05) is 39.0 Å². The lowest BCUT2D eigenvalue weighted by Gasteiger charge is -2.24. The SMILES string of the molecule is COc1cc([C@H](C)NC(=O)N[C@H]2CCCNC2=O)ccc1OC(C)C. The Morgan fingerprint density at radius 1 is 1.28 bits per heavy atom. The van der Waals surface area contributed by atoms with Crippen LogP contribution in [0.3, 0.4) is 0 Å². The van der Waals surface area contributed by atoms with Crippen LogP contribution in [0, 0.1) is 0 Å². The second-order valence-electron chi connectivity index (χ2n) is 6.40. The van der Waals surface area contributed by atoms with E-state index in [0.29, 0.717) is 24.5 Å². The van der Waals surface area contributed by atoms with Crippen LogP contribution in [0.15, 0.2) is 18.2 Å². The highest BCUT2D eigenvalue weighted by atomic mass is 16.5. The van der Waals surface area contributed by atoms with Gasteiger partial charge in [-0.2, -0.15) is 0 Å². The molecule has 0 radical (unpaired) electrons. The lowest BCUT2D eigenvalue weighted by molar-refractivity contribution is -0.124. The first-order valence-corrected chi connectivity index (χ1v) is 8.60. The molecule has 0 unspecified atom stereocenters. The third-order valence-electron chi connectivity index (χ3n) is 3.99. The molecule has 1 aliphatic heterocycles. The summed E-state index contributed by atoms with van der Waals surface area (Å²) in [5.74, 6) is 1.15. The third kappa shape index (κ3) is 5.27. The summed E-state index contributed by atoms with van der Waals surface area (Å²) in [4.78, 5) is 23.9. The molecular formula is C18H27N3O4. The van der Waals surface area contributed by atoms with E-state index >= 15 is 0 Å². The Bertz CT molecular complexity index is 618. The highest BCUT2D eigenvalue weighted by molar-refractivity contribution is 5.87. The van der Waals surface area contributed by atoms with E-state index in [-0.39, 0.29) is 24.1 Å². The Morgan fingerprint density at radius 3 is 2.68 bits per heavy atom. The molecule has 0 saturated carbocycles. The highest BCUT2D eigenvalue weighted by Crippen LogP contribution is 2.31. The second kappa shape index (κ2) is 8.60. The molecule has 3 N–H and O–H groups in total. The molecule has 138 valence electrons. The molecule has 1 aromatic rings. The summed E-state index contributed by atoms with van der Waals surface area (Å²) in [6, 6.07) is 4.48. The number of rotatable bonds is 6. The van der Waals surface area contributed by atoms with Crippen molar-refractivity contribution in [2.24, 2.45) is 0 Å². The van der Waals surface area contributed by atoms with Crippen molar-refractivity contribution < 1.29 is 19.1 Å². The van der Waals surface area contributed by atoms with Crippen molar-refractivity contribution in [3.63, 3.8) is 0 Å². The fraction of sp³-hybridized carbons (Fsp3) is 0.556. The molecule has 0 aliphatic carbocycles. The zero-order valence-corrected chi connectivity index (χ0v) is 15.2. The summed E-state index contributed by atoms with van der Waals surface area (Å²) in [5.41, 5.74) is 0.885. The summed E-state index contributed by atoms with van der Waals surface area (Å²) in [5, 5.41) is 8.31. The van der Waals surface area contributed by atoms with Gasteiger partial charge in [0.05, 0.1) is 19.3 Å². The van der Waals surface area contributed by atoms with Crippen molar-refractivity contribution in [3.05, 3.63) is 23.8 Å². The normalized spacial score (nSPS) is 18.3. The van der Waals surface area contributed by atoms with E-state index in [1.54, 1.807) is 7.11 Å². The minimum Gasteiger partial charge on any atom is -0.493 e. The van der Waals surface area contributed by atoms with Crippen molar-refractivity contribution in [2.45, 2.75) is 51.8 Å². The van der Waals surface area contributed by atoms with Crippen molar-refractivity contribution >= 4 is 11.9 Å². The van der Waals surface area contributed by atoms with Crippen molar-refractivity contribution in [1.82, 2.24) is 16.0 Å². The van der Waals surface area contributed by atoms with E-state index in [2.05, 4.69) is 16.0 Å². The molecule has 1 aliphatic rings. The Balaban J connectivity index is 1.98. The van der Waals surface area contributed by atoms with Crippen LogP contribution in [0.2, 0.25) is 0 Å². The summed E-state index contributed by atoms with van der Waals surface area (Å²) in [6.07, 6.45) is 1.56. The monoisotopic (exact) mass is 349 g/mol. The van der Waals surface area contributed by atoms with Crippen molar-refractivity contribution in [2.75, 3.05) is 13.7 Å². The van der Waals surface area contributed by atoms with Gasteiger partial charge in [0.25, 0.3) is 0 Å². The van der Waals surface area contributed by atoms with Gasteiger partial charge in [-0.3, -0.25) is 4.79 Å². The first kappa shape index (κ1) is 18.9. The van der Waals surface area contributed by atoms with Gasteiger partial charge in [-0.15, -0.1) is 0 Å². The van der Waals surface area contributed by atoms with Gasteiger partial charge in [0.2, 0.25) is 5.91 Å². The van der Waals surface area contributed by atoms with Crippen LogP contribution in [0.25, 0.3) is 0 Å². The quantitative estimate of drug-likeness (QED) is 0.734. The van der Waals surface area contributed by atoms with Crippen LogP contribution >= 0.6 is 0 Å². The molecule has 2 rings (SSSR count). The molecule has 7 nitrogen and oxygen atoms in total. The first-order chi connectivity index (χ1) is 11.9. The topological polar surface area (TPSA) is 88.7 Å². The number of ether oxygens (including phenoxy) is 2. The molecule has 3 amide bonds. The number of carbonyl (C=O) groups is 2. The van der Waals surface area contributed by atoms with Gasteiger partial charge >= 0.3 is 6.03 Å². The van der Waals surface area contributed by atoms with E-state index in [0.717, 1.165) is 12.0 Å². The lowest BCUT2D eigenvalue weighted by Crippen LogP contribution is -2.52. The molecule has 0 spiro atoms. The molecule has 1 aromatic carbocycles. The van der Waals surface area contributed by atoms with E-state index < -0.39 is 6.04 Å². The number of amides is 3. The fourth-order valence-electron chi connectivity index (χ4n) is 2.69. The molecule has 1 fully saturated rings. The number of hydrogen-bond donors (Lipinski definition) is 3. The van der Waals surface area contributed by atoms with Crippen LogP contribution < -0.4 is 25.4 Å². The van der Waals surface area contributed by atoms with Crippen molar-refractivity contribution in [3.8, 4) is 11.5 Å². The zero-order valence-electron chi connectivity index (χ0n) is 15.2. The van der Waals surface area contributed by atoms with Gasteiger partial charge in [0, 0.05) is 6.54 Å². The number of carbonyl (C=O) groups excluding carboxylic acids is 2. The second-order valence-corrected chi connectivity index (χ2v) is 6.40. The molecule has 0 aromatic heterocycles. The average molecular weight is 349 g/mol. The van der Waals surface area contributed by atoms with Crippen LogP contribution in [0.5, 0.6) is 11.5 Å². The van der Waals surface area contributed by atoms with Gasteiger partial charge in [0.1, 0.15) is 6.04 Å². The number of nitrogens with one attached hydrogen (secondary N) is 3. The Hall–Kier alpha value is -2.44. The fourth-order valence-corrected chi connectivity index (χ4v) is 2.69. The number of urea groups is 1. The standard InChI is InChI=1S/C18H27N3O4/c1-11(2)25-15-8-7-13(10-16(15)24-4)12(3)20-18(23)21-14-6-5-9-19-17(14)22/h7-8,10-12,14H,5-6,9H2,1-4H3,(H,19,22)(H2,20,21,23)/t12-,14-/m0/s1. The molecule has 0 bridgehead atoms. The molecule has 25 heavy (non-hydrogen) atoms. The van der Waals surface area contributed by atoms with E-state index in [4.69, 9.17) is 9.47 Å². The number of hydrogen-bond acceptors (Lipinski definition) is 4. The first-order valence-electron chi connectivity index (χ1n) is 8.60. The summed E-state index contributed by atoms with van der Waals surface area (Å²) in [6.45, 7) is 6.43. The van der Waals surface area contributed by atoms with E-state index in [9.17, 15) is 9.59 Å². The Kier molecular flexibility index (Phi) is 6.50. The van der Waals surface area contributed by atoms with Gasteiger partial charge in [0.15, 0.2) is 11.5 Å². The van der Waals surface area contributed by atoms with Crippen LogP contribution in [-0.2, 0) is 4.79 Å². The predicted molar refractivity (Wildman–Crippen MR) is 94.9 cm³/mol. The lowest BCUT2D eigenvalue weighted by atomic mass is 10.1. The Morgan fingerprint density at radius 2 is 2.04 bits per heavy atom. The Labute approximate surface area is 148 Å². The maximum Gasteiger partial charge on any atom is 0.315 e. The van der Waals surface area contributed by atoms with Crippen molar-refractivity contribution in [1.29, 1.82) is 0 Å². The summed E-state index contributed by atoms with van der Waals surface area (Å²) in [7, 11) is 1.58. The van der Waals surface area contributed by atoms with Gasteiger partial charge in [-0.1, -0.05) is 6.07 Å². The van der Waals surface area contributed by atoms with Crippen LogP contribution in [0.4, 0.5) is 4.79 Å². The molecular weight excluding hydrogens is 322 g/mol. The van der Waals surface area contributed by atoms with E-state index in [1.165, 1.54) is 0 Å². The smallest absolute Gasteiger partial charge is 0.315 e. The van der Waals surface area contributed by atoms with Gasteiger partial charge in [-0.05, 0) is 51.3 Å². The molecule has 1 heterocycles. The minimum atomic E-state index is -0.475. The molecule has 7 heteroatoms. The molecule has 1 saturated heterocycles. The third-order valence-corrected chi connectivity index (χ3v) is 3.99. The number of benzene rings is 1. The maximum atomic E-state index is 12.1. The average Bonchev–Trinajstić information content (AvgIpc) is 2.56. The summed E-state index contributed by atoms with van der Waals surface area (Å²) < 4.78 is 11.1. The maximum absolute atomic E-state index is 12.1. The largest absolute Gasteiger partial charge is 0.493 e. The van der Waals surface area contributed by atoms with Crippen LogP contribution in [0.1, 0.15) is 45.2 Å². The number of piperidine rings is 1. The minimum absolute atomic E-state index is 0.0442. The van der Waals surface area contributed by atoms with Gasteiger partial charge < -0.3 is 25.4 Å². The van der Waals surface area contributed by atoms with Crippen LogP contribution in [-0.4, -0.2) is 37.7 Å². The molecule has 2 atom stereocenters. The zero-order chi connectivity index (χ0) is 18.4. The number of methoxy groups -OCH3 is 1. The predicted octanol–water partition coefficient (Wildman–Crippen LogP) is 2.12. The summed E-state index contributed by atoms with van der Waals surface area (Å²) >= 11 is 0.